The zero-order chi connectivity index (χ0) is 23.4. The molecule has 33 heavy (non-hydrogen) atoms. The summed E-state index contributed by atoms with van der Waals surface area (Å²) in [6.07, 6.45) is 1.51. The van der Waals surface area contributed by atoms with E-state index >= 15 is 0 Å². The fraction of sp³-hybridized carbons (Fsp3) is 0.0400. The van der Waals surface area contributed by atoms with Gasteiger partial charge in [0.1, 0.15) is 17.9 Å². The summed E-state index contributed by atoms with van der Waals surface area (Å²) in [4.78, 5) is 26.9. The molecule has 0 unspecified atom stereocenters. The summed E-state index contributed by atoms with van der Waals surface area (Å²) in [5.74, 6) is -0.488. The molecule has 1 saturated heterocycles. The molecule has 162 valence electrons. The number of hydrogen-bond donors (Lipinski definition) is 1. The lowest BCUT2D eigenvalue weighted by molar-refractivity contribution is -0.122. The van der Waals surface area contributed by atoms with Crippen molar-refractivity contribution in [3.63, 3.8) is 0 Å². The Bertz CT molecular complexity index is 1330. The van der Waals surface area contributed by atoms with Crippen LogP contribution >= 0.6 is 28.1 Å². The lowest BCUT2D eigenvalue weighted by Gasteiger charge is -2.28. The number of carbonyl (C=O) groups excluding carboxylic acids is 2. The van der Waals surface area contributed by atoms with Gasteiger partial charge in [0.25, 0.3) is 11.8 Å². The van der Waals surface area contributed by atoms with Gasteiger partial charge in [-0.15, -0.1) is 0 Å². The number of amides is 2. The maximum absolute atomic E-state index is 13.1. The number of nitrogens with zero attached hydrogens (tertiary/aromatic N) is 2. The molecule has 4 rings (SSSR count). The van der Waals surface area contributed by atoms with E-state index in [1.165, 1.54) is 11.0 Å². The van der Waals surface area contributed by atoms with E-state index in [1.807, 2.05) is 18.2 Å². The number of carbonyl (C=O) groups is 2. The largest absolute Gasteiger partial charge is 0.488 e. The van der Waals surface area contributed by atoms with Crippen molar-refractivity contribution in [1.29, 1.82) is 5.26 Å². The number of thiocarbonyl (C=S) groups is 1. The molecule has 1 N–H and O–H groups in total. The van der Waals surface area contributed by atoms with Gasteiger partial charge in [0.2, 0.25) is 0 Å². The average molecular weight is 518 g/mol. The van der Waals surface area contributed by atoms with Crippen LogP contribution in [0.4, 0.5) is 5.69 Å². The summed E-state index contributed by atoms with van der Waals surface area (Å²) < 4.78 is 6.50. The first-order valence-electron chi connectivity index (χ1n) is 9.85. The van der Waals surface area contributed by atoms with Crippen molar-refractivity contribution in [3.05, 3.63) is 99.5 Å². The Labute approximate surface area is 204 Å². The normalized spacial score (nSPS) is 14.7. The third kappa shape index (κ3) is 4.85. The standard InChI is InChI=1S/C25H16BrN3O3S/c26-21-13-16(10-11-22(21)32-15-18-7-5-4-6-17(18)14-27)12-20-23(30)28-25(33)29(24(20)31)19-8-2-1-3-9-19/h1-13H,15H2,(H,28,30,33). The second-order valence-electron chi connectivity index (χ2n) is 7.04. The molecule has 0 radical (unpaired) electrons. The van der Waals surface area contributed by atoms with Crippen molar-refractivity contribution >= 4 is 56.8 Å². The molecule has 3 aromatic carbocycles. The highest BCUT2D eigenvalue weighted by Gasteiger charge is 2.34. The van der Waals surface area contributed by atoms with Crippen LogP contribution in [-0.4, -0.2) is 16.9 Å². The van der Waals surface area contributed by atoms with Crippen molar-refractivity contribution in [1.82, 2.24) is 5.32 Å². The maximum Gasteiger partial charge on any atom is 0.270 e. The van der Waals surface area contributed by atoms with Crippen LogP contribution < -0.4 is 15.0 Å². The average Bonchev–Trinajstić information content (AvgIpc) is 2.82. The molecule has 0 aliphatic carbocycles. The summed E-state index contributed by atoms with van der Waals surface area (Å²) in [6, 6.07) is 23.5. The van der Waals surface area contributed by atoms with Gasteiger partial charge in [0.15, 0.2) is 5.11 Å². The number of ether oxygens (including phenoxy) is 1. The second kappa shape index (κ2) is 9.77. The fourth-order valence-corrected chi connectivity index (χ4v) is 4.06. The summed E-state index contributed by atoms with van der Waals surface area (Å²) in [5.41, 5.74) is 2.50. The molecule has 6 nitrogen and oxygen atoms in total. The van der Waals surface area contributed by atoms with Crippen LogP contribution in [0, 0.1) is 11.3 Å². The minimum Gasteiger partial charge on any atom is -0.488 e. The molecule has 2 amide bonds. The molecule has 1 fully saturated rings. The van der Waals surface area contributed by atoms with Crippen molar-refractivity contribution in [2.24, 2.45) is 0 Å². The van der Waals surface area contributed by atoms with Gasteiger partial charge in [0.05, 0.1) is 21.8 Å². The monoisotopic (exact) mass is 517 g/mol. The summed E-state index contributed by atoms with van der Waals surface area (Å²) in [5, 5.41) is 11.8. The van der Waals surface area contributed by atoms with Crippen LogP contribution in [0.1, 0.15) is 16.7 Å². The molecular weight excluding hydrogens is 502 g/mol. The van der Waals surface area contributed by atoms with E-state index in [1.54, 1.807) is 54.6 Å². The Balaban J connectivity index is 1.56. The van der Waals surface area contributed by atoms with Gasteiger partial charge in [-0.25, -0.2) is 0 Å². The zero-order valence-corrected chi connectivity index (χ0v) is 19.5. The number of benzene rings is 3. The second-order valence-corrected chi connectivity index (χ2v) is 8.28. The Kier molecular flexibility index (Phi) is 6.63. The van der Waals surface area contributed by atoms with E-state index in [0.717, 1.165) is 5.56 Å². The third-order valence-corrected chi connectivity index (χ3v) is 5.81. The van der Waals surface area contributed by atoms with Gasteiger partial charge in [0, 0.05) is 5.56 Å². The number of rotatable bonds is 5. The molecule has 0 aromatic heterocycles. The van der Waals surface area contributed by atoms with Gasteiger partial charge in [-0.3, -0.25) is 19.8 Å². The minimum absolute atomic E-state index is 0.0315. The molecule has 1 heterocycles. The van der Waals surface area contributed by atoms with Crippen molar-refractivity contribution in [2.75, 3.05) is 4.90 Å². The molecule has 0 saturated carbocycles. The number of anilines is 1. The highest BCUT2D eigenvalue weighted by atomic mass is 79.9. The molecule has 0 spiro atoms. The summed E-state index contributed by atoms with van der Waals surface area (Å²) >= 11 is 8.68. The highest BCUT2D eigenvalue weighted by Crippen LogP contribution is 2.29. The van der Waals surface area contributed by atoms with Crippen LogP contribution in [0.2, 0.25) is 0 Å². The van der Waals surface area contributed by atoms with Gasteiger partial charge >= 0.3 is 0 Å². The van der Waals surface area contributed by atoms with Gasteiger partial charge in [-0.05, 0) is 70.1 Å². The van der Waals surface area contributed by atoms with Gasteiger partial charge in [-0.2, -0.15) is 5.26 Å². The zero-order valence-electron chi connectivity index (χ0n) is 17.1. The van der Waals surface area contributed by atoms with E-state index in [-0.39, 0.29) is 17.3 Å². The number of nitriles is 1. The van der Waals surface area contributed by atoms with Crippen molar-refractivity contribution in [3.8, 4) is 11.8 Å². The first-order valence-corrected chi connectivity index (χ1v) is 11.0. The number of para-hydroxylation sites is 1. The van der Waals surface area contributed by atoms with E-state index in [4.69, 9.17) is 17.0 Å². The minimum atomic E-state index is -0.554. The van der Waals surface area contributed by atoms with Gasteiger partial charge in [-0.1, -0.05) is 42.5 Å². The molecule has 8 heteroatoms. The number of nitrogens with one attached hydrogen (secondary N) is 1. The van der Waals surface area contributed by atoms with E-state index in [9.17, 15) is 14.9 Å². The first-order chi connectivity index (χ1) is 16.0. The third-order valence-electron chi connectivity index (χ3n) is 4.90. The van der Waals surface area contributed by atoms with Crippen LogP contribution in [0.25, 0.3) is 6.08 Å². The first kappa shape index (κ1) is 22.4. The van der Waals surface area contributed by atoms with Gasteiger partial charge < -0.3 is 4.74 Å². The SMILES string of the molecule is N#Cc1ccccc1COc1ccc(C=C2C(=O)NC(=S)N(c3ccccc3)C2=O)cc1Br. The Hall–Kier alpha value is -3.80. The molecule has 3 aromatic rings. The topological polar surface area (TPSA) is 82.4 Å². The number of hydrogen-bond acceptors (Lipinski definition) is 5. The predicted molar refractivity (Wildman–Crippen MR) is 132 cm³/mol. The quantitative estimate of drug-likeness (QED) is 0.300. The van der Waals surface area contributed by atoms with E-state index in [2.05, 4.69) is 27.3 Å². The molecule has 1 aliphatic rings. The molecular formula is C25H16BrN3O3S. The lowest BCUT2D eigenvalue weighted by Crippen LogP contribution is -2.54. The van der Waals surface area contributed by atoms with Crippen molar-refractivity contribution in [2.45, 2.75) is 6.61 Å². The fourth-order valence-electron chi connectivity index (χ4n) is 3.27. The predicted octanol–water partition coefficient (Wildman–Crippen LogP) is 4.73. The lowest BCUT2D eigenvalue weighted by atomic mass is 10.1. The van der Waals surface area contributed by atoms with E-state index < -0.39 is 11.8 Å². The molecule has 0 bridgehead atoms. The highest BCUT2D eigenvalue weighted by molar-refractivity contribution is 9.10. The van der Waals surface area contributed by atoms with Crippen LogP contribution in [0.5, 0.6) is 5.75 Å². The summed E-state index contributed by atoms with van der Waals surface area (Å²) in [6.45, 7) is 0.229. The van der Waals surface area contributed by atoms with Crippen molar-refractivity contribution < 1.29 is 14.3 Å². The Morgan fingerprint density at radius 2 is 1.79 bits per heavy atom. The van der Waals surface area contributed by atoms with Crippen LogP contribution in [0.15, 0.2) is 82.8 Å². The Morgan fingerprint density at radius 3 is 2.52 bits per heavy atom. The molecule has 0 atom stereocenters. The van der Waals surface area contributed by atoms with E-state index in [0.29, 0.717) is 27.0 Å². The summed E-state index contributed by atoms with van der Waals surface area (Å²) in [7, 11) is 0. The molecule has 1 aliphatic heterocycles. The van der Waals surface area contributed by atoms with Crippen LogP contribution in [0.3, 0.4) is 0 Å². The smallest absolute Gasteiger partial charge is 0.270 e. The number of halogens is 1. The Morgan fingerprint density at radius 1 is 1.06 bits per heavy atom. The van der Waals surface area contributed by atoms with Crippen LogP contribution in [-0.2, 0) is 16.2 Å². The maximum atomic E-state index is 13.1.